The summed E-state index contributed by atoms with van der Waals surface area (Å²) in [5, 5.41) is 3.16. The molecule has 0 bridgehead atoms. The van der Waals surface area contributed by atoms with Gasteiger partial charge in [-0.3, -0.25) is 9.59 Å². The van der Waals surface area contributed by atoms with Gasteiger partial charge in [0, 0.05) is 18.0 Å². The summed E-state index contributed by atoms with van der Waals surface area (Å²) in [6.07, 6.45) is 0.678. The van der Waals surface area contributed by atoms with E-state index in [1.807, 2.05) is 18.2 Å². The lowest BCUT2D eigenvalue weighted by Gasteiger charge is -2.29. The molecular formula is C15H20ClNO3. The minimum absolute atomic E-state index is 0. The molecule has 0 amide bonds. The molecule has 1 aliphatic rings. The minimum Gasteiger partial charge on any atom is -0.466 e. The van der Waals surface area contributed by atoms with Crippen molar-refractivity contribution in [2.45, 2.75) is 13.3 Å². The Balaban J connectivity index is 0.00000200. The Labute approximate surface area is 125 Å². The van der Waals surface area contributed by atoms with E-state index in [9.17, 15) is 9.59 Å². The van der Waals surface area contributed by atoms with Gasteiger partial charge in [0.05, 0.1) is 12.5 Å². The van der Waals surface area contributed by atoms with E-state index in [1.54, 1.807) is 19.1 Å². The van der Waals surface area contributed by atoms with Gasteiger partial charge >= 0.3 is 5.97 Å². The first-order valence-electron chi connectivity index (χ1n) is 6.70. The highest BCUT2D eigenvalue weighted by molar-refractivity contribution is 6.00. The van der Waals surface area contributed by atoms with Gasteiger partial charge in [-0.2, -0.15) is 0 Å². The standard InChI is InChI=1S/C15H19NO3.ClH/c1-2-19-15(18)13-10-16-9-8-12(13)14(17)11-6-4-3-5-7-11;/h3-7,12-13,16H,2,8-10H2,1H3;1H. The number of halogens is 1. The Morgan fingerprint density at radius 3 is 2.60 bits per heavy atom. The number of ether oxygens (including phenoxy) is 1. The van der Waals surface area contributed by atoms with Crippen LogP contribution in [0.2, 0.25) is 0 Å². The molecule has 1 heterocycles. The fraction of sp³-hybridized carbons (Fsp3) is 0.467. The largest absolute Gasteiger partial charge is 0.466 e. The lowest BCUT2D eigenvalue weighted by Crippen LogP contribution is -2.44. The molecule has 1 aliphatic heterocycles. The molecule has 4 nitrogen and oxygen atoms in total. The Morgan fingerprint density at radius 1 is 1.25 bits per heavy atom. The number of piperidine rings is 1. The monoisotopic (exact) mass is 297 g/mol. The van der Waals surface area contributed by atoms with Crippen molar-refractivity contribution in [2.75, 3.05) is 19.7 Å². The summed E-state index contributed by atoms with van der Waals surface area (Å²) in [6.45, 7) is 3.41. The Hall–Kier alpha value is -1.39. The van der Waals surface area contributed by atoms with E-state index < -0.39 is 0 Å². The van der Waals surface area contributed by atoms with Crippen molar-refractivity contribution in [3.63, 3.8) is 0 Å². The molecule has 0 aliphatic carbocycles. The molecule has 20 heavy (non-hydrogen) atoms. The third kappa shape index (κ3) is 3.81. The molecule has 0 radical (unpaired) electrons. The van der Waals surface area contributed by atoms with Crippen LogP contribution in [0.4, 0.5) is 0 Å². The van der Waals surface area contributed by atoms with Gasteiger partial charge in [-0.15, -0.1) is 12.4 Å². The molecule has 110 valence electrons. The van der Waals surface area contributed by atoms with Crippen molar-refractivity contribution in [3.05, 3.63) is 35.9 Å². The normalized spacial score (nSPS) is 21.6. The quantitative estimate of drug-likeness (QED) is 0.683. The minimum atomic E-state index is -0.374. The van der Waals surface area contributed by atoms with Crippen LogP contribution in [-0.4, -0.2) is 31.4 Å². The van der Waals surface area contributed by atoms with Gasteiger partial charge in [-0.25, -0.2) is 0 Å². The molecule has 2 atom stereocenters. The fourth-order valence-corrected chi connectivity index (χ4v) is 2.49. The second-order valence-corrected chi connectivity index (χ2v) is 4.69. The molecule has 5 heteroatoms. The lowest BCUT2D eigenvalue weighted by atomic mass is 9.81. The second-order valence-electron chi connectivity index (χ2n) is 4.69. The van der Waals surface area contributed by atoms with E-state index in [2.05, 4.69) is 5.32 Å². The fourth-order valence-electron chi connectivity index (χ4n) is 2.49. The predicted octanol–water partition coefficient (Wildman–Crippen LogP) is 2.08. The van der Waals surface area contributed by atoms with E-state index in [-0.39, 0.29) is 36.0 Å². The molecule has 0 spiro atoms. The van der Waals surface area contributed by atoms with Crippen LogP contribution in [0.5, 0.6) is 0 Å². The van der Waals surface area contributed by atoms with Gasteiger partial charge in [0.25, 0.3) is 0 Å². The first kappa shape index (κ1) is 16.7. The molecular weight excluding hydrogens is 278 g/mol. The van der Waals surface area contributed by atoms with Gasteiger partial charge in [-0.05, 0) is 19.9 Å². The van der Waals surface area contributed by atoms with Crippen LogP contribution >= 0.6 is 12.4 Å². The van der Waals surface area contributed by atoms with Gasteiger partial charge in [0.2, 0.25) is 0 Å². The summed E-state index contributed by atoms with van der Waals surface area (Å²) in [5.74, 6) is -0.881. The number of carbonyl (C=O) groups is 2. The maximum Gasteiger partial charge on any atom is 0.310 e. The summed E-state index contributed by atoms with van der Waals surface area (Å²) in [5.41, 5.74) is 0.670. The third-order valence-corrected chi connectivity index (χ3v) is 3.47. The zero-order valence-corrected chi connectivity index (χ0v) is 12.3. The van der Waals surface area contributed by atoms with E-state index in [0.29, 0.717) is 25.1 Å². The molecule has 2 rings (SSSR count). The molecule has 1 N–H and O–H groups in total. The van der Waals surface area contributed by atoms with Crippen LogP contribution in [0.3, 0.4) is 0 Å². The number of hydrogen-bond acceptors (Lipinski definition) is 4. The maximum atomic E-state index is 12.5. The number of hydrogen-bond donors (Lipinski definition) is 1. The van der Waals surface area contributed by atoms with Crippen LogP contribution in [0.15, 0.2) is 30.3 Å². The first-order valence-corrected chi connectivity index (χ1v) is 6.70. The highest BCUT2D eigenvalue weighted by atomic mass is 35.5. The highest BCUT2D eigenvalue weighted by Gasteiger charge is 2.36. The van der Waals surface area contributed by atoms with Gasteiger partial charge < -0.3 is 10.1 Å². The third-order valence-electron chi connectivity index (χ3n) is 3.47. The van der Waals surface area contributed by atoms with Crippen molar-refractivity contribution < 1.29 is 14.3 Å². The number of benzene rings is 1. The van der Waals surface area contributed by atoms with Gasteiger partial charge in [0.15, 0.2) is 5.78 Å². The number of nitrogens with one attached hydrogen (secondary N) is 1. The Bertz CT molecular complexity index is 450. The first-order chi connectivity index (χ1) is 9.24. The SMILES string of the molecule is CCOC(=O)C1CNCCC1C(=O)c1ccccc1.Cl. The number of rotatable bonds is 4. The van der Waals surface area contributed by atoms with Gasteiger partial charge in [-0.1, -0.05) is 30.3 Å². The van der Waals surface area contributed by atoms with Crippen molar-refractivity contribution in [1.82, 2.24) is 5.32 Å². The van der Waals surface area contributed by atoms with Crippen LogP contribution in [0, 0.1) is 11.8 Å². The summed E-state index contributed by atoms with van der Waals surface area (Å²) >= 11 is 0. The molecule has 1 aromatic carbocycles. The summed E-state index contributed by atoms with van der Waals surface area (Å²) < 4.78 is 5.07. The number of ketones is 1. The van der Waals surface area contributed by atoms with Crippen molar-refractivity contribution >= 4 is 24.2 Å². The molecule has 1 saturated heterocycles. The zero-order chi connectivity index (χ0) is 13.7. The van der Waals surface area contributed by atoms with Crippen molar-refractivity contribution in [1.29, 1.82) is 0 Å². The Morgan fingerprint density at radius 2 is 1.95 bits per heavy atom. The van der Waals surface area contributed by atoms with Crippen LogP contribution in [0.1, 0.15) is 23.7 Å². The summed E-state index contributed by atoms with van der Waals surface area (Å²) in [6, 6.07) is 9.16. The molecule has 1 aromatic rings. The van der Waals surface area contributed by atoms with E-state index in [4.69, 9.17) is 4.74 Å². The maximum absolute atomic E-state index is 12.5. The molecule has 2 unspecified atom stereocenters. The zero-order valence-electron chi connectivity index (χ0n) is 11.5. The van der Waals surface area contributed by atoms with Crippen LogP contribution in [0.25, 0.3) is 0 Å². The molecule has 0 saturated carbocycles. The average molecular weight is 298 g/mol. The van der Waals surface area contributed by atoms with Gasteiger partial charge in [0.1, 0.15) is 0 Å². The number of carbonyl (C=O) groups excluding carboxylic acids is 2. The average Bonchev–Trinajstić information content (AvgIpc) is 2.47. The summed E-state index contributed by atoms with van der Waals surface area (Å²) in [4.78, 5) is 24.4. The number of esters is 1. The topological polar surface area (TPSA) is 55.4 Å². The van der Waals surface area contributed by atoms with Crippen molar-refractivity contribution in [2.24, 2.45) is 11.8 Å². The van der Waals surface area contributed by atoms with Crippen LogP contribution in [-0.2, 0) is 9.53 Å². The Kier molecular flexibility index (Phi) is 6.68. The highest BCUT2D eigenvalue weighted by Crippen LogP contribution is 2.25. The number of Topliss-reactive ketones (excluding diaryl/α,β-unsaturated/α-hetero) is 1. The lowest BCUT2D eigenvalue weighted by molar-refractivity contribution is -0.149. The van der Waals surface area contributed by atoms with E-state index in [1.165, 1.54) is 0 Å². The smallest absolute Gasteiger partial charge is 0.310 e. The van der Waals surface area contributed by atoms with Crippen LogP contribution < -0.4 is 5.32 Å². The van der Waals surface area contributed by atoms with Crippen molar-refractivity contribution in [3.8, 4) is 0 Å². The summed E-state index contributed by atoms with van der Waals surface area (Å²) in [7, 11) is 0. The van der Waals surface area contributed by atoms with E-state index >= 15 is 0 Å². The molecule has 0 aromatic heterocycles. The van der Waals surface area contributed by atoms with E-state index in [0.717, 1.165) is 6.54 Å². The second kappa shape index (κ2) is 8.02. The molecule has 1 fully saturated rings. The predicted molar refractivity (Wildman–Crippen MR) is 79.1 cm³/mol.